The third kappa shape index (κ3) is 4.65. The zero-order valence-corrected chi connectivity index (χ0v) is 14.4. The van der Waals surface area contributed by atoms with Crippen LogP contribution in [0.3, 0.4) is 0 Å². The van der Waals surface area contributed by atoms with Gasteiger partial charge in [-0.3, -0.25) is 9.78 Å². The van der Waals surface area contributed by atoms with Crippen LogP contribution in [0.5, 0.6) is 0 Å². The minimum absolute atomic E-state index is 0.256. The van der Waals surface area contributed by atoms with Crippen molar-refractivity contribution in [3.8, 4) is 0 Å². The molecule has 0 bridgehead atoms. The van der Waals surface area contributed by atoms with Crippen LogP contribution >= 0.6 is 23.2 Å². The summed E-state index contributed by atoms with van der Waals surface area (Å²) in [5.74, 6) is -0.00801. The highest BCUT2D eigenvalue weighted by Gasteiger charge is 2.09. The lowest BCUT2D eigenvalue weighted by Crippen LogP contribution is -2.24. The van der Waals surface area contributed by atoms with Gasteiger partial charge in [-0.05, 0) is 42.0 Å². The molecule has 3 aromatic rings. The van der Waals surface area contributed by atoms with Gasteiger partial charge in [0, 0.05) is 30.8 Å². The van der Waals surface area contributed by atoms with Crippen LogP contribution in [0.4, 0.5) is 11.6 Å². The molecule has 2 heterocycles. The van der Waals surface area contributed by atoms with Crippen molar-refractivity contribution in [1.29, 1.82) is 0 Å². The van der Waals surface area contributed by atoms with E-state index in [0.29, 0.717) is 22.3 Å². The Bertz CT molecular complexity index is 889. The number of benzene rings is 1. The van der Waals surface area contributed by atoms with Crippen LogP contribution in [0, 0.1) is 0 Å². The van der Waals surface area contributed by atoms with Crippen molar-refractivity contribution >= 4 is 40.7 Å². The summed E-state index contributed by atoms with van der Waals surface area (Å²) in [6, 6.07) is 10.3. The second-order valence-electron chi connectivity index (χ2n) is 5.06. The lowest BCUT2D eigenvalue weighted by atomic mass is 10.2. The molecule has 1 aromatic carbocycles. The molecule has 0 spiro atoms. The molecule has 0 aliphatic heterocycles. The van der Waals surface area contributed by atoms with Gasteiger partial charge in [0.2, 0.25) is 5.95 Å². The van der Waals surface area contributed by atoms with Crippen molar-refractivity contribution in [1.82, 2.24) is 20.3 Å². The SMILES string of the molecule is O=C(NCc1ccncc1)c1ccnc(Nc2ccc(Cl)c(Cl)c2)n1. The molecule has 8 heteroatoms. The van der Waals surface area contributed by atoms with Crippen molar-refractivity contribution < 1.29 is 4.79 Å². The van der Waals surface area contributed by atoms with E-state index < -0.39 is 0 Å². The van der Waals surface area contributed by atoms with Crippen LogP contribution in [-0.4, -0.2) is 20.9 Å². The Morgan fingerprint density at radius 3 is 2.56 bits per heavy atom. The first kappa shape index (κ1) is 17.1. The highest BCUT2D eigenvalue weighted by Crippen LogP contribution is 2.26. The van der Waals surface area contributed by atoms with Crippen LogP contribution in [0.25, 0.3) is 0 Å². The van der Waals surface area contributed by atoms with E-state index in [-0.39, 0.29) is 17.5 Å². The van der Waals surface area contributed by atoms with E-state index in [1.165, 1.54) is 6.20 Å². The smallest absolute Gasteiger partial charge is 0.270 e. The number of anilines is 2. The summed E-state index contributed by atoms with van der Waals surface area (Å²) in [4.78, 5) is 24.5. The first-order valence-electron chi connectivity index (χ1n) is 7.34. The van der Waals surface area contributed by atoms with Gasteiger partial charge in [-0.2, -0.15) is 0 Å². The third-order valence-corrected chi connectivity index (χ3v) is 4.01. The fourth-order valence-corrected chi connectivity index (χ4v) is 2.32. The van der Waals surface area contributed by atoms with Crippen molar-refractivity contribution in [2.45, 2.75) is 6.54 Å². The number of carbonyl (C=O) groups excluding carboxylic acids is 1. The summed E-state index contributed by atoms with van der Waals surface area (Å²) in [5, 5.41) is 6.66. The number of hydrogen-bond donors (Lipinski definition) is 2. The Hall–Kier alpha value is -2.70. The Morgan fingerprint density at radius 2 is 1.80 bits per heavy atom. The third-order valence-electron chi connectivity index (χ3n) is 3.27. The summed E-state index contributed by atoms with van der Waals surface area (Å²) in [5.41, 5.74) is 1.88. The molecule has 3 rings (SSSR count). The summed E-state index contributed by atoms with van der Waals surface area (Å²) in [6.45, 7) is 0.390. The van der Waals surface area contributed by atoms with Crippen LogP contribution in [0.1, 0.15) is 16.1 Å². The average Bonchev–Trinajstić information content (AvgIpc) is 2.64. The van der Waals surface area contributed by atoms with Crippen LogP contribution in [-0.2, 0) is 6.54 Å². The van der Waals surface area contributed by atoms with Crippen molar-refractivity contribution in [2.24, 2.45) is 0 Å². The average molecular weight is 374 g/mol. The maximum absolute atomic E-state index is 12.2. The van der Waals surface area contributed by atoms with Crippen molar-refractivity contribution in [2.75, 3.05) is 5.32 Å². The molecule has 2 N–H and O–H groups in total. The highest BCUT2D eigenvalue weighted by molar-refractivity contribution is 6.42. The van der Waals surface area contributed by atoms with Gasteiger partial charge < -0.3 is 10.6 Å². The van der Waals surface area contributed by atoms with Crippen LogP contribution in [0.15, 0.2) is 55.0 Å². The minimum Gasteiger partial charge on any atom is -0.347 e. The Kier molecular flexibility index (Phi) is 5.42. The zero-order valence-electron chi connectivity index (χ0n) is 12.9. The molecule has 0 radical (unpaired) electrons. The van der Waals surface area contributed by atoms with Crippen molar-refractivity contribution in [3.05, 3.63) is 76.3 Å². The normalized spacial score (nSPS) is 10.3. The molecule has 1 amide bonds. The van der Waals surface area contributed by atoms with Crippen LogP contribution in [0.2, 0.25) is 10.0 Å². The molecule has 0 aliphatic carbocycles. The Balaban J connectivity index is 1.68. The summed E-state index contributed by atoms with van der Waals surface area (Å²) in [6.07, 6.45) is 4.85. The molecule has 0 saturated carbocycles. The summed E-state index contributed by atoms with van der Waals surface area (Å²) >= 11 is 11.9. The first-order valence-corrected chi connectivity index (χ1v) is 8.09. The van der Waals surface area contributed by atoms with Gasteiger partial charge in [0.25, 0.3) is 5.91 Å². The predicted octanol–water partition coefficient (Wildman–Crippen LogP) is 3.85. The maximum Gasteiger partial charge on any atom is 0.270 e. The number of rotatable bonds is 5. The van der Waals surface area contributed by atoms with Crippen molar-refractivity contribution in [3.63, 3.8) is 0 Å². The summed E-state index contributed by atoms with van der Waals surface area (Å²) < 4.78 is 0. The fourth-order valence-electron chi connectivity index (χ4n) is 2.02. The van der Waals surface area contributed by atoms with Gasteiger partial charge in [0.1, 0.15) is 5.69 Å². The van der Waals surface area contributed by atoms with E-state index in [4.69, 9.17) is 23.2 Å². The number of halogens is 2. The quantitative estimate of drug-likeness (QED) is 0.709. The number of nitrogens with one attached hydrogen (secondary N) is 2. The minimum atomic E-state index is -0.295. The van der Waals surface area contributed by atoms with Gasteiger partial charge >= 0.3 is 0 Å². The van der Waals surface area contributed by atoms with Gasteiger partial charge in [0.05, 0.1) is 10.0 Å². The molecule has 25 heavy (non-hydrogen) atoms. The van der Waals surface area contributed by atoms with Gasteiger partial charge in [-0.15, -0.1) is 0 Å². The standard InChI is InChI=1S/C17H13Cl2N5O/c18-13-2-1-12(9-14(13)19)23-17-21-8-5-15(24-17)16(25)22-10-11-3-6-20-7-4-11/h1-9H,10H2,(H,22,25)(H,21,23,24). The van der Waals surface area contributed by atoms with Gasteiger partial charge in [-0.1, -0.05) is 23.2 Å². The lowest BCUT2D eigenvalue weighted by Gasteiger charge is -2.08. The zero-order chi connectivity index (χ0) is 17.6. The number of amides is 1. The molecule has 0 fully saturated rings. The second kappa shape index (κ2) is 7.92. The fraction of sp³-hybridized carbons (Fsp3) is 0.0588. The molecule has 0 saturated heterocycles. The number of carbonyl (C=O) groups is 1. The number of nitrogens with zero attached hydrogens (tertiary/aromatic N) is 3. The number of pyridine rings is 1. The first-order chi connectivity index (χ1) is 12.1. The van der Waals surface area contributed by atoms with E-state index in [1.807, 2.05) is 12.1 Å². The molecule has 0 atom stereocenters. The molecule has 6 nitrogen and oxygen atoms in total. The topological polar surface area (TPSA) is 79.8 Å². The highest BCUT2D eigenvalue weighted by atomic mass is 35.5. The molecular formula is C17H13Cl2N5O. The van der Waals surface area contributed by atoms with Gasteiger partial charge in [-0.25, -0.2) is 9.97 Å². The molecule has 0 aliphatic rings. The molecule has 126 valence electrons. The van der Waals surface area contributed by atoms with E-state index in [9.17, 15) is 4.79 Å². The number of hydrogen-bond acceptors (Lipinski definition) is 5. The molecule has 2 aromatic heterocycles. The monoisotopic (exact) mass is 373 g/mol. The van der Waals surface area contributed by atoms with E-state index in [1.54, 1.807) is 36.7 Å². The Labute approximate surface area is 154 Å². The van der Waals surface area contributed by atoms with E-state index in [2.05, 4.69) is 25.6 Å². The van der Waals surface area contributed by atoms with E-state index in [0.717, 1.165) is 5.56 Å². The maximum atomic E-state index is 12.2. The predicted molar refractivity (Wildman–Crippen MR) is 97.2 cm³/mol. The lowest BCUT2D eigenvalue weighted by molar-refractivity contribution is 0.0946. The molecular weight excluding hydrogens is 361 g/mol. The second-order valence-corrected chi connectivity index (χ2v) is 5.87. The largest absolute Gasteiger partial charge is 0.347 e. The number of aromatic nitrogens is 3. The Morgan fingerprint density at radius 1 is 1.00 bits per heavy atom. The van der Waals surface area contributed by atoms with E-state index >= 15 is 0 Å². The van der Waals surface area contributed by atoms with Crippen LogP contribution < -0.4 is 10.6 Å². The molecule has 0 unspecified atom stereocenters. The summed E-state index contributed by atoms with van der Waals surface area (Å²) in [7, 11) is 0. The van der Waals surface area contributed by atoms with Gasteiger partial charge in [0.15, 0.2) is 0 Å².